The predicted molar refractivity (Wildman–Crippen MR) is 91.0 cm³/mol. The maximum atomic E-state index is 13.0. The molecular formula is C19H21ClFN. The van der Waals surface area contributed by atoms with E-state index >= 15 is 0 Å². The topological polar surface area (TPSA) is 3.24 Å². The molecule has 0 bridgehead atoms. The third-order valence-electron chi connectivity index (χ3n) is 4.51. The van der Waals surface area contributed by atoms with Crippen molar-refractivity contribution in [1.82, 2.24) is 0 Å². The van der Waals surface area contributed by atoms with Crippen molar-refractivity contribution in [1.29, 1.82) is 0 Å². The summed E-state index contributed by atoms with van der Waals surface area (Å²) in [7, 11) is 0. The summed E-state index contributed by atoms with van der Waals surface area (Å²) >= 11 is 5.83. The molecule has 0 saturated carbocycles. The molecule has 0 N–H and O–H groups in total. The number of halogens is 2. The number of hydrogen-bond acceptors (Lipinski definition) is 1. The van der Waals surface area contributed by atoms with Crippen LogP contribution in [0.15, 0.2) is 48.5 Å². The first-order chi connectivity index (χ1) is 10.7. The summed E-state index contributed by atoms with van der Waals surface area (Å²) in [6.07, 6.45) is 3.52. The van der Waals surface area contributed by atoms with Gasteiger partial charge in [0.25, 0.3) is 0 Å². The molecule has 2 aromatic rings. The van der Waals surface area contributed by atoms with Gasteiger partial charge in [0.05, 0.1) is 0 Å². The molecule has 3 heteroatoms. The minimum absolute atomic E-state index is 0.168. The molecule has 2 aromatic carbocycles. The molecule has 0 atom stereocenters. The highest BCUT2D eigenvalue weighted by Gasteiger charge is 2.19. The first-order valence-electron chi connectivity index (χ1n) is 7.89. The molecule has 3 rings (SSSR count). The van der Waals surface area contributed by atoms with Crippen LogP contribution in [0.25, 0.3) is 0 Å². The van der Waals surface area contributed by atoms with Crippen LogP contribution in [0.1, 0.15) is 24.0 Å². The lowest BCUT2D eigenvalue weighted by Gasteiger charge is -2.33. The molecule has 1 aliphatic heterocycles. The van der Waals surface area contributed by atoms with E-state index in [1.807, 2.05) is 12.1 Å². The van der Waals surface area contributed by atoms with Crippen LogP contribution < -0.4 is 4.90 Å². The van der Waals surface area contributed by atoms with Crippen LogP contribution in [0.4, 0.5) is 10.1 Å². The SMILES string of the molecule is Fc1ccc(N2CCC(Cc3ccc(CCl)cc3)CC2)cc1. The van der Waals surface area contributed by atoms with E-state index < -0.39 is 0 Å². The Hall–Kier alpha value is -1.54. The van der Waals surface area contributed by atoms with Crippen molar-refractivity contribution >= 4 is 17.3 Å². The smallest absolute Gasteiger partial charge is 0.123 e. The minimum atomic E-state index is -0.168. The Morgan fingerprint density at radius 1 is 0.909 bits per heavy atom. The fourth-order valence-corrected chi connectivity index (χ4v) is 3.32. The first-order valence-corrected chi connectivity index (χ1v) is 8.42. The number of alkyl halides is 1. The number of piperidine rings is 1. The molecule has 1 aliphatic rings. The summed E-state index contributed by atoms with van der Waals surface area (Å²) in [4.78, 5) is 2.35. The van der Waals surface area contributed by atoms with Crippen LogP contribution in [-0.4, -0.2) is 13.1 Å². The molecule has 1 nitrogen and oxygen atoms in total. The van der Waals surface area contributed by atoms with Gasteiger partial charge < -0.3 is 4.90 Å². The molecule has 1 fully saturated rings. The van der Waals surface area contributed by atoms with Gasteiger partial charge in [0.15, 0.2) is 0 Å². The molecule has 0 aromatic heterocycles. The van der Waals surface area contributed by atoms with Crippen LogP contribution >= 0.6 is 11.6 Å². The van der Waals surface area contributed by atoms with Gasteiger partial charge in [0.2, 0.25) is 0 Å². The molecule has 0 aliphatic carbocycles. The summed E-state index contributed by atoms with van der Waals surface area (Å²) in [5.41, 5.74) is 3.71. The lowest BCUT2D eigenvalue weighted by atomic mass is 9.90. The summed E-state index contributed by atoms with van der Waals surface area (Å²) in [6.45, 7) is 2.10. The fraction of sp³-hybridized carbons (Fsp3) is 0.368. The maximum Gasteiger partial charge on any atom is 0.123 e. The molecule has 0 amide bonds. The Labute approximate surface area is 136 Å². The van der Waals surface area contributed by atoms with Crippen molar-refractivity contribution in [3.8, 4) is 0 Å². The van der Waals surface area contributed by atoms with E-state index in [9.17, 15) is 4.39 Å². The fourth-order valence-electron chi connectivity index (χ4n) is 3.14. The molecule has 116 valence electrons. The average Bonchev–Trinajstić information content (AvgIpc) is 2.57. The quantitative estimate of drug-likeness (QED) is 0.715. The van der Waals surface area contributed by atoms with E-state index in [0.29, 0.717) is 5.88 Å². The Morgan fingerprint density at radius 3 is 2.09 bits per heavy atom. The first kappa shape index (κ1) is 15.4. The van der Waals surface area contributed by atoms with Crippen LogP contribution in [0.5, 0.6) is 0 Å². The van der Waals surface area contributed by atoms with Gasteiger partial charge >= 0.3 is 0 Å². The third-order valence-corrected chi connectivity index (χ3v) is 4.82. The second-order valence-corrected chi connectivity index (χ2v) is 6.33. The van der Waals surface area contributed by atoms with Gasteiger partial charge in [0.1, 0.15) is 5.82 Å². The van der Waals surface area contributed by atoms with E-state index in [-0.39, 0.29) is 5.82 Å². The standard InChI is InChI=1S/C19H21ClFN/c20-14-17-3-1-15(2-4-17)13-16-9-11-22(12-10-16)19-7-5-18(21)6-8-19/h1-8,16H,9-14H2. The lowest BCUT2D eigenvalue weighted by Crippen LogP contribution is -2.34. The Kier molecular flexibility index (Phi) is 4.99. The summed E-state index contributed by atoms with van der Waals surface area (Å²) in [6, 6.07) is 15.5. The van der Waals surface area contributed by atoms with Gasteiger partial charge in [-0.1, -0.05) is 24.3 Å². The van der Waals surface area contributed by atoms with Crippen molar-refractivity contribution in [2.75, 3.05) is 18.0 Å². The van der Waals surface area contributed by atoms with Gasteiger partial charge in [0, 0.05) is 24.7 Å². The molecule has 0 spiro atoms. The van der Waals surface area contributed by atoms with Crippen LogP contribution in [0, 0.1) is 11.7 Å². The number of rotatable bonds is 4. The Morgan fingerprint density at radius 2 is 1.50 bits per heavy atom. The van der Waals surface area contributed by atoms with Crippen molar-refractivity contribution < 1.29 is 4.39 Å². The minimum Gasteiger partial charge on any atom is -0.372 e. The number of hydrogen-bond donors (Lipinski definition) is 0. The number of benzene rings is 2. The van der Waals surface area contributed by atoms with E-state index in [1.165, 1.54) is 24.0 Å². The zero-order chi connectivity index (χ0) is 15.4. The van der Waals surface area contributed by atoms with Gasteiger partial charge in [-0.15, -0.1) is 11.6 Å². The van der Waals surface area contributed by atoms with Crippen molar-refractivity contribution in [3.63, 3.8) is 0 Å². The van der Waals surface area contributed by atoms with Gasteiger partial charge in [-0.25, -0.2) is 4.39 Å². The molecule has 0 unspecified atom stereocenters. The van der Waals surface area contributed by atoms with Crippen molar-refractivity contribution in [3.05, 3.63) is 65.5 Å². The van der Waals surface area contributed by atoms with Crippen molar-refractivity contribution in [2.24, 2.45) is 5.92 Å². The van der Waals surface area contributed by atoms with Crippen LogP contribution in [0.3, 0.4) is 0 Å². The summed E-state index contributed by atoms with van der Waals surface area (Å²) in [5.74, 6) is 1.15. The van der Waals surface area contributed by atoms with Gasteiger partial charge in [-0.05, 0) is 60.6 Å². The summed E-state index contributed by atoms with van der Waals surface area (Å²) in [5, 5.41) is 0. The maximum absolute atomic E-state index is 13.0. The Bertz CT molecular complexity index is 586. The highest BCUT2D eigenvalue weighted by Crippen LogP contribution is 2.26. The second-order valence-electron chi connectivity index (χ2n) is 6.06. The van der Waals surface area contributed by atoms with Gasteiger partial charge in [-0.3, -0.25) is 0 Å². The van der Waals surface area contributed by atoms with Crippen LogP contribution in [0.2, 0.25) is 0 Å². The third kappa shape index (κ3) is 3.80. The highest BCUT2D eigenvalue weighted by atomic mass is 35.5. The lowest BCUT2D eigenvalue weighted by molar-refractivity contribution is 0.403. The average molecular weight is 318 g/mol. The normalized spacial score (nSPS) is 16.0. The molecule has 1 saturated heterocycles. The van der Waals surface area contributed by atoms with Crippen LogP contribution in [-0.2, 0) is 12.3 Å². The van der Waals surface area contributed by atoms with E-state index in [1.54, 1.807) is 12.1 Å². The largest absolute Gasteiger partial charge is 0.372 e. The number of nitrogens with zero attached hydrogens (tertiary/aromatic N) is 1. The molecular weight excluding hydrogens is 297 g/mol. The highest BCUT2D eigenvalue weighted by molar-refractivity contribution is 6.17. The monoisotopic (exact) mass is 317 g/mol. The van der Waals surface area contributed by atoms with E-state index in [2.05, 4.69) is 29.2 Å². The zero-order valence-electron chi connectivity index (χ0n) is 12.6. The molecule has 1 heterocycles. The predicted octanol–water partition coefficient (Wildman–Crippen LogP) is 5.02. The molecule has 22 heavy (non-hydrogen) atoms. The molecule has 0 radical (unpaired) electrons. The number of anilines is 1. The Balaban J connectivity index is 1.53. The van der Waals surface area contributed by atoms with Gasteiger partial charge in [-0.2, -0.15) is 0 Å². The zero-order valence-corrected chi connectivity index (χ0v) is 13.4. The van der Waals surface area contributed by atoms with E-state index in [0.717, 1.165) is 31.1 Å². The van der Waals surface area contributed by atoms with E-state index in [4.69, 9.17) is 11.6 Å². The summed E-state index contributed by atoms with van der Waals surface area (Å²) < 4.78 is 13.0. The second kappa shape index (κ2) is 7.15. The van der Waals surface area contributed by atoms with Crippen molar-refractivity contribution in [2.45, 2.75) is 25.1 Å².